The van der Waals surface area contributed by atoms with Crippen LogP contribution in [0.3, 0.4) is 0 Å². The molecule has 1 fully saturated rings. The molecule has 2 rings (SSSR count). The molecule has 0 saturated carbocycles. The fourth-order valence-corrected chi connectivity index (χ4v) is 2.72. The summed E-state index contributed by atoms with van der Waals surface area (Å²) in [6, 6.07) is -0.00265. The molecular weight excluding hydrogens is 294 g/mol. The Morgan fingerprint density at radius 2 is 1.87 bits per heavy atom. The predicted octanol–water partition coefficient (Wildman–Crippen LogP) is 0.794. The SMILES string of the molecule is CC(C)c1noc(C(C)N(C)CC(O)CN2CCN(C)CC2)n1. The Labute approximate surface area is 139 Å². The molecule has 1 aromatic heterocycles. The average Bonchev–Trinajstić information content (AvgIpc) is 2.98. The fraction of sp³-hybridized carbons (Fsp3) is 0.875. The third kappa shape index (κ3) is 5.24. The number of hydrogen-bond donors (Lipinski definition) is 1. The predicted molar refractivity (Wildman–Crippen MR) is 89.4 cm³/mol. The van der Waals surface area contributed by atoms with E-state index in [2.05, 4.69) is 31.9 Å². The minimum absolute atomic E-state index is 0.00265. The molecule has 1 saturated heterocycles. The molecule has 132 valence electrons. The van der Waals surface area contributed by atoms with Gasteiger partial charge in [0.25, 0.3) is 0 Å². The summed E-state index contributed by atoms with van der Waals surface area (Å²) in [7, 11) is 4.12. The summed E-state index contributed by atoms with van der Waals surface area (Å²) in [5, 5.41) is 14.4. The van der Waals surface area contributed by atoms with E-state index in [4.69, 9.17) is 4.52 Å². The van der Waals surface area contributed by atoms with Gasteiger partial charge in [0, 0.05) is 45.2 Å². The monoisotopic (exact) mass is 325 g/mol. The lowest BCUT2D eigenvalue weighted by Crippen LogP contribution is -2.48. The van der Waals surface area contributed by atoms with Crippen LogP contribution >= 0.6 is 0 Å². The third-order valence-electron chi connectivity index (χ3n) is 4.56. The molecule has 2 atom stereocenters. The van der Waals surface area contributed by atoms with Crippen LogP contribution in [0.2, 0.25) is 0 Å². The van der Waals surface area contributed by atoms with Gasteiger partial charge in [-0.05, 0) is 21.0 Å². The lowest BCUT2D eigenvalue weighted by atomic mass is 10.2. The zero-order chi connectivity index (χ0) is 17.0. The maximum absolute atomic E-state index is 10.4. The summed E-state index contributed by atoms with van der Waals surface area (Å²) in [5.41, 5.74) is 0. The highest BCUT2D eigenvalue weighted by molar-refractivity contribution is 4.95. The van der Waals surface area contributed by atoms with Gasteiger partial charge in [-0.1, -0.05) is 19.0 Å². The molecule has 1 aliphatic rings. The molecule has 1 aromatic rings. The number of piperazine rings is 1. The molecule has 2 heterocycles. The van der Waals surface area contributed by atoms with Crippen molar-refractivity contribution >= 4 is 0 Å². The van der Waals surface area contributed by atoms with Crippen molar-refractivity contribution in [3.8, 4) is 0 Å². The zero-order valence-corrected chi connectivity index (χ0v) is 15.1. The minimum Gasteiger partial charge on any atom is -0.390 e. The first kappa shape index (κ1) is 18.3. The Hall–Kier alpha value is -1.02. The number of nitrogens with zero attached hydrogens (tertiary/aromatic N) is 5. The van der Waals surface area contributed by atoms with Crippen LogP contribution in [0.5, 0.6) is 0 Å². The van der Waals surface area contributed by atoms with Crippen LogP contribution in [0.15, 0.2) is 4.52 Å². The Morgan fingerprint density at radius 1 is 1.22 bits per heavy atom. The number of likely N-dealkylation sites (N-methyl/N-ethyl adjacent to an activating group) is 2. The molecule has 0 spiro atoms. The molecule has 0 radical (unpaired) electrons. The maximum atomic E-state index is 10.4. The Bertz CT molecular complexity index is 471. The van der Waals surface area contributed by atoms with Crippen molar-refractivity contribution in [1.29, 1.82) is 0 Å². The summed E-state index contributed by atoms with van der Waals surface area (Å²) < 4.78 is 5.35. The standard InChI is InChI=1S/C16H31N5O2/c1-12(2)15-17-16(23-18-15)13(3)20(5)10-14(22)11-21-8-6-19(4)7-9-21/h12-14,22H,6-11H2,1-5H3. The molecule has 7 nitrogen and oxygen atoms in total. The van der Waals surface area contributed by atoms with E-state index in [9.17, 15) is 5.11 Å². The van der Waals surface area contributed by atoms with Gasteiger partial charge in [0.15, 0.2) is 5.82 Å². The second-order valence-corrected chi connectivity index (χ2v) is 7.02. The van der Waals surface area contributed by atoms with Crippen molar-refractivity contribution in [3.05, 3.63) is 11.7 Å². The van der Waals surface area contributed by atoms with Gasteiger partial charge in [0.2, 0.25) is 5.89 Å². The first-order valence-corrected chi connectivity index (χ1v) is 8.49. The van der Waals surface area contributed by atoms with Crippen LogP contribution in [0.1, 0.15) is 44.4 Å². The third-order valence-corrected chi connectivity index (χ3v) is 4.56. The van der Waals surface area contributed by atoms with Gasteiger partial charge < -0.3 is 14.5 Å². The van der Waals surface area contributed by atoms with E-state index < -0.39 is 0 Å². The Kier molecular flexibility index (Phi) is 6.52. The largest absolute Gasteiger partial charge is 0.390 e. The minimum atomic E-state index is -0.377. The maximum Gasteiger partial charge on any atom is 0.243 e. The van der Waals surface area contributed by atoms with Gasteiger partial charge in [-0.3, -0.25) is 9.80 Å². The first-order chi connectivity index (χ1) is 10.9. The topological polar surface area (TPSA) is 68.9 Å². The van der Waals surface area contributed by atoms with Crippen LogP contribution in [-0.4, -0.2) is 89.4 Å². The number of aliphatic hydroxyl groups is 1. The molecule has 0 aromatic carbocycles. The molecule has 0 amide bonds. The zero-order valence-electron chi connectivity index (χ0n) is 15.1. The molecule has 7 heteroatoms. The number of aromatic nitrogens is 2. The second-order valence-electron chi connectivity index (χ2n) is 7.02. The number of β-amino-alcohol motifs (C(OH)–C–C–N with tert-alkyl or cyclic N) is 1. The highest BCUT2D eigenvalue weighted by Gasteiger charge is 2.23. The van der Waals surface area contributed by atoms with Gasteiger partial charge in [0.1, 0.15) is 0 Å². The van der Waals surface area contributed by atoms with Gasteiger partial charge in [-0.15, -0.1) is 0 Å². The summed E-state index contributed by atoms with van der Waals surface area (Å²) >= 11 is 0. The molecule has 1 aliphatic heterocycles. The van der Waals surface area contributed by atoms with Crippen LogP contribution < -0.4 is 0 Å². The van der Waals surface area contributed by atoms with Crippen molar-refractivity contribution in [2.45, 2.75) is 38.8 Å². The van der Waals surface area contributed by atoms with Crippen LogP contribution in [0, 0.1) is 0 Å². The number of aliphatic hydroxyl groups excluding tert-OH is 1. The fourth-order valence-electron chi connectivity index (χ4n) is 2.72. The van der Waals surface area contributed by atoms with Crippen LogP contribution in [-0.2, 0) is 0 Å². The molecule has 0 bridgehead atoms. The lowest BCUT2D eigenvalue weighted by Gasteiger charge is -2.34. The highest BCUT2D eigenvalue weighted by Crippen LogP contribution is 2.19. The molecule has 2 unspecified atom stereocenters. The van der Waals surface area contributed by atoms with Crippen molar-refractivity contribution in [2.75, 3.05) is 53.4 Å². The van der Waals surface area contributed by atoms with Crippen LogP contribution in [0.4, 0.5) is 0 Å². The van der Waals surface area contributed by atoms with Crippen molar-refractivity contribution in [2.24, 2.45) is 0 Å². The van der Waals surface area contributed by atoms with Gasteiger partial charge >= 0.3 is 0 Å². The average molecular weight is 325 g/mol. The van der Waals surface area contributed by atoms with Crippen molar-refractivity contribution in [3.63, 3.8) is 0 Å². The highest BCUT2D eigenvalue weighted by atomic mass is 16.5. The number of rotatable bonds is 7. The Morgan fingerprint density at radius 3 is 2.43 bits per heavy atom. The van der Waals surface area contributed by atoms with E-state index in [-0.39, 0.29) is 18.1 Å². The van der Waals surface area contributed by atoms with Gasteiger partial charge in [-0.25, -0.2) is 0 Å². The second kappa shape index (κ2) is 8.19. The molecular formula is C16H31N5O2. The van der Waals surface area contributed by atoms with E-state index in [0.29, 0.717) is 19.0 Å². The Balaban J connectivity index is 1.81. The molecule has 23 heavy (non-hydrogen) atoms. The normalized spacial score (nSPS) is 20.3. The van der Waals surface area contributed by atoms with Crippen molar-refractivity contribution < 1.29 is 9.63 Å². The van der Waals surface area contributed by atoms with E-state index in [1.54, 1.807) is 0 Å². The van der Waals surface area contributed by atoms with Crippen LogP contribution in [0.25, 0.3) is 0 Å². The summed E-state index contributed by atoms with van der Waals surface area (Å²) in [4.78, 5) is 11.2. The molecule has 0 aliphatic carbocycles. The summed E-state index contributed by atoms with van der Waals surface area (Å²) in [6.45, 7) is 11.6. The van der Waals surface area contributed by atoms with Gasteiger partial charge in [0.05, 0.1) is 12.1 Å². The quantitative estimate of drug-likeness (QED) is 0.795. The number of hydrogen-bond acceptors (Lipinski definition) is 7. The van der Waals surface area contributed by atoms with E-state index in [0.717, 1.165) is 32.0 Å². The van der Waals surface area contributed by atoms with Gasteiger partial charge in [-0.2, -0.15) is 4.98 Å². The smallest absolute Gasteiger partial charge is 0.243 e. The summed E-state index contributed by atoms with van der Waals surface area (Å²) in [5.74, 6) is 1.61. The lowest BCUT2D eigenvalue weighted by molar-refractivity contribution is 0.0494. The summed E-state index contributed by atoms with van der Waals surface area (Å²) in [6.07, 6.45) is -0.377. The first-order valence-electron chi connectivity index (χ1n) is 8.49. The van der Waals surface area contributed by atoms with E-state index in [1.807, 2.05) is 27.8 Å². The molecule has 1 N–H and O–H groups in total. The van der Waals surface area contributed by atoms with E-state index in [1.165, 1.54) is 0 Å². The van der Waals surface area contributed by atoms with E-state index >= 15 is 0 Å². The van der Waals surface area contributed by atoms with Crippen molar-refractivity contribution in [1.82, 2.24) is 24.8 Å².